The topological polar surface area (TPSA) is 3.24 Å². The fraction of sp³-hybridized carbons (Fsp3) is 1.00. The molecule has 1 spiro atoms. The number of halogens is 1. The fourth-order valence-electron chi connectivity index (χ4n) is 2.80. The van der Waals surface area contributed by atoms with E-state index in [1.54, 1.807) is 0 Å². The van der Waals surface area contributed by atoms with E-state index >= 15 is 0 Å². The van der Waals surface area contributed by atoms with Gasteiger partial charge in [0.25, 0.3) is 0 Å². The van der Waals surface area contributed by atoms with Crippen molar-refractivity contribution in [1.82, 2.24) is 4.90 Å². The molecule has 0 unspecified atom stereocenters. The van der Waals surface area contributed by atoms with E-state index in [1.807, 2.05) is 0 Å². The van der Waals surface area contributed by atoms with Gasteiger partial charge in [-0.25, -0.2) is 4.39 Å². The van der Waals surface area contributed by atoms with E-state index in [1.165, 1.54) is 25.9 Å². The van der Waals surface area contributed by atoms with Gasteiger partial charge in [0.2, 0.25) is 0 Å². The highest BCUT2D eigenvalue weighted by Gasteiger charge is 2.46. The minimum atomic E-state index is -0.481. The van der Waals surface area contributed by atoms with Crippen LogP contribution in [0, 0.1) is 5.41 Å². The van der Waals surface area contributed by atoms with Gasteiger partial charge in [-0.3, -0.25) is 0 Å². The van der Waals surface area contributed by atoms with Gasteiger partial charge in [-0.05, 0) is 58.0 Å². The van der Waals surface area contributed by atoms with Gasteiger partial charge < -0.3 is 4.90 Å². The lowest BCUT2D eigenvalue weighted by atomic mass is 9.62. The molecule has 0 aromatic carbocycles. The Hall–Kier alpha value is -0.110. The molecule has 76 valence electrons. The lowest BCUT2D eigenvalue weighted by Crippen LogP contribution is -2.49. The van der Waals surface area contributed by atoms with E-state index in [4.69, 9.17) is 0 Å². The van der Waals surface area contributed by atoms with Crippen LogP contribution in [-0.2, 0) is 0 Å². The maximum absolute atomic E-state index is 12.8. The van der Waals surface area contributed by atoms with Crippen LogP contribution in [0.2, 0.25) is 0 Å². The predicted molar refractivity (Wildman–Crippen MR) is 52.5 cm³/mol. The Morgan fingerprint density at radius 1 is 1.23 bits per heavy atom. The zero-order valence-corrected chi connectivity index (χ0v) is 8.72. The number of rotatable bonds is 1. The number of piperidine rings is 1. The average molecular weight is 185 g/mol. The average Bonchev–Trinajstić information content (AvgIpc) is 2.03. The normalized spacial score (nSPS) is 29.5. The predicted octanol–water partition coefficient (Wildman–Crippen LogP) is 2.61. The molecule has 1 saturated carbocycles. The molecule has 2 rings (SSSR count). The highest BCUT2D eigenvalue weighted by molar-refractivity contribution is 4.97. The molecule has 0 amide bonds. The van der Waals surface area contributed by atoms with E-state index in [2.05, 4.69) is 18.7 Å². The highest BCUT2D eigenvalue weighted by Crippen LogP contribution is 2.50. The first-order valence-corrected chi connectivity index (χ1v) is 5.49. The first-order valence-electron chi connectivity index (χ1n) is 5.49. The minimum Gasteiger partial charge on any atom is -0.301 e. The van der Waals surface area contributed by atoms with Gasteiger partial charge in [-0.2, -0.15) is 0 Å². The monoisotopic (exact) mass is 185 g/mol. The van der Waals surface area contributed by atoms with E-state index in [0.29, 0.717) is 11.5 Å². The summed E-state index contributed by atoms with van der Waals surface area (Å²) < 4.78 is 12.8. The van der Waals surface area contributed by atoms with Crippen LogP contribution in [0.3, 0.4) is 0 Å². The van der Waals surface area contributed by atoms with Crippen molar-refractivity contribution in [3.63, 3.8) is 0 Å². The molecule has 0 aromatic heterocycles. The van der Waals surface area contributed by atoms with E-state index in [9.17, 15) is 4.39 Å². The molecule has 0 radical (unpaired) electrons. The molecule has 2 fully saturated rings. The maximum Gasteiger partial charge on any atom is 0.101 e. The Morgan fingerprint density at radius 3 is 2.15 bits per heavy atom. The fourth-order valence-corrected chi connectivity index (χ4v) is 2.80. The molecule has 1 saturated heterocycles. The highest BCUT2D eigenvalue weighted by atomic mass is 19.1. The van der Waals surface area contributed by atoms with Gasteiger partial charge in [0.1, 0.15) is 6.17 Å². The lowest BCUT2D eigenvalue weighted by Gasteiger charge is -2.50. The zero-order valence-electron chi connectivity index (χ0n) is 8.72. The van der Waals surface area contributed by atoms with E-state index in [-0.39, 0.29) is 0 Å². The largest absolute Gasteiger partial charge is 0.301 e. The molecule has 0 N–H and O–H groups in total. The zero-order chi connectivity index (χ0) is 9.47. The van der Waals surface area contributed by atoms with Crippen molar-refractivity contribution >= 4 is 0 Å². The van der Waals surface area contributed by atoms with Gasteiger partial charge in [-0.1, -0.05) is 0 Å². The van der Waals surface area contributed by atoms with Crippen molar-refractivity contribution in [2.45, 2.75) is 51.7 Å². The summed E-state index contributed by atoms with van der Waals surface area (Å²) in [5.74, 6) is 0. The number of likely N-dealkylation sites (tertiary alicyclic amines) is 1. The van der Waals surface area contributed by atoms with Gasteiger partial charge in [0, 0.05) is 6.04 Å². The summed E-state index contributed by atoms with van der Waals surface area (Å²) in [5.41, 5.74) is 0.421. The first-order chi connectivity index (χ1) is 6.11. The summed E-state index contributed by atoms with van der Waals surface area (Å²) in [6.45, 7) is 6.86. The Kier molecular flexibility index (Phi) is 2.35. The van der Waals surface area contributed by atoms with Crippen LogP contribution in [0.25, 0.3) is 0 Å². The quantitative estimate of drug-likeness (QED) is 0.607. The molecule has 1 heterocycles. The summed E-state index contributed by atoms with van der Waals surface area (Å²) in [4.78, 5) is 2.51. The van der Waals surface area contributed by atoms with Crippen LogP contribution in [0.15, 0.2) is 0 Å². The molecule has 0 bridgehead atoms. The van der Waals surface area contributed by atoms with Crippen molar-refractivity contribution in [2.75, 3.05) is 13.1 Å². The Balaban J connectivity index is 1.83. The van der Waals surface area contributed by atoms with Gasteiger partial charge in [0.15, 0.2) is 0 Å². The number of hydrogen-bond acceptors (Lipinski definition) is 1. The third kappa shape index (κ3) is 1.74. The van der Waals surface area contributed by atoms with Crippen LogP contribution in [0.1, 0.15) is 39.5 Å². The number of nitrogens with zero attached hydrogens (tertiary/aromatic N) is 1. The molecule has 2 heteroatoms. The molecule has 1 aliphatic carbocycles. The molecule has 13 heavy (non-hydrogen) atoms. The van der Waals surface area contributed by atoms with Gasteiger partial charge >= 0.3 is 0 Å². The van der Waals surface area contributed by atoms with Crippen LogP contribution < -0.4 is 0 Å². The summed E-state index contributed by atoms with van der Waals surface area (Å²) >= 11 is 0. The van der Waals surface area contributed by atoms with E-state index < -0.39 is 6.17 Å². The molecule has 0 aromatic rings. The van der Waals surface area contributed by atoms with Gasteiger partial charge in [-0.15, -0.1) is 0 Å². The summed E-state index contributed by atoms with van der Waals surface area (Å²) in [5, 5.41) is 0. The number of hydrogen-bond donors (Lipinski definition) is 0. The van der Waals surface area contributed by atoms with Crippen LogP contribution >= 0.6 is 0 Å². The third-order valence-corrected chi connectivity index (χ3v) is 3.90. The second-order valence-corrected chi connectivity index (χ2v) is 5.14. The minimum absolute atomic E-state index is 0.421. The van der Waals surface area contributed by atoms with Crippen molar-refractivity contribution in [1.29, 1.82) is 0 Å². The Bertz CT molecular complexity index is 175. The molecule has 1 aliphatic heterocycles. The van der Waals surface area contributed by atoms with Crippen LogP contribution in [-0.4, -0.2) is 30.2 Å². The standard InChI is InChI=1S/C11H20FN/c1-9(2)13-5-3-11(4-6-13)7-10(12)8-11/h9-10H,3-8H2,1-2H3. The summed E-state index contributed by atoms with van der Waals surface area (Å²) in [7, 11) is 0. The second-order valence-electron chi connectivity index (χ2n) is 5.14. The van der Waals surface area contributed by atoms with Crippen LogP contribution in [0.5, 0.6) is 0 Å². The Labute approximate surface area is 80.3 Å². The molecule has 0 atom stereocenters. The van der Waals surface area contributed by atoms with Crippen molar-refractivity contribution in [3.05, 3.63) is 0 Å². The third-order valence-electron chi connectivity index (χ3n) is 3.90. The summed E-state index contributed by atoms with van der Waals surface area (Å²) in [6, 6.07) is 0.665. The lowest BCUT2D eigenvalue weighted by molar-refractivity contribution is -0.0343. The summed E-state index contributed by atoms with van der Waals surface area (Å²) in [6.07, 6.45) is 3.67. The number of alkyl halides is 1. The van der Waals surface area contributed by atoms with E-state index in [0.717, 1.165) is 12.8 Å². The second kappa shape index (κ2) is 3.23. The van der Waals surface area contributed by atoms with Crippen molar-refractivity contribution < 1.29 is 4.39 Å². The smallest absolute Gasteiger partial charge is 0.101 e. The van der Waals surface area contributed by atoms with Crippen molar-refractivity contribution in [3.8, 4) is 0 Å². The van der Waals surface area contributed by atoms with Gasteiger partial charge in [0.05, 0.1) is 0 Å². The molecule has 2 aliphatic rings. The molecular formula is C11H20FN. The first kappa shape index (κ1) is 9.45. The van der Waals surface area contributed by atoms with Crippen molar-refractivity contribution in [2.24, 2.45) is 5.41 Å². The maximum atomic E-state index is 12.8. The Morgan fingerprint density at radius 2 is 1.77 bits per heavy atom. The van der Waals surface area contributed by atoms with Crippen LogP contribution in [0.4, 0.5) is 4.39 Å². The molecule has 1 nitrogen and oxygen atoms in total. The SMILES string of the molecule is CC(C)N1CCC2(CC1)CC(F)C2. The molecular weight excluding hydrogens is 165 g/mol.